The maximum Gasteiger partial charge on any atom is 0.488 e. The highest BCUT2D eigenvalue weighted by molar-refractivity contribution is 9.10. The van der Waals surface area contributed by atoms with Gasteiger partial charge in [0.05, 0.1) is 15.0 Å². The number of para-hydroxylation sites is 1. The predicted molar refractivity (Wildman–Crippen MR) is 82.0 cm³/mol. The Balaban J connectivity index is 2.37. The Morgan fingerprint density at radius 3 is 2.50 bits per heavy atom. The lowest BCUT2D eigenvalue weighted by Gasteiger charge is -2.07. The molecule has 22 heavy (non-hydrogen) atoms. The fraction of sp³-hybridized carbons (Fsp3) is 0. The maximum atomic E-state index is 12.1. The van der Waals surface area contributed by atoms with Crippen molar-refractivity contribution in [1.82, 2.24) is 0 Å². The molecule has 0 aliphatic carbocycles. The minimum atomic E-state index is -1.94. The van der Waals surface area contributed by atoms with E-state index in [2.05, 4.69) is 15.9 Å². The van der Waals surface area contributed by atoms with Crippen LogP contribution in [0, 0.1) is 10.1 Å². The van der Waals surface area contributed by atoms with Crippen molar-refractivity contribution in [3.63, 3.8) is 0 Å². The number of carbonyl (C=O) groups excluding carboxylic acids is 1. The molecule has 0 heterocycles. The molecule has 0 bridgehead atoms. The molecule has 2 aromatic carbocycles. The van der Waals surface area contributed by atoms with Crippen LogP contribution in [0.4, 0.5) is 5.69 Å². The summed E-state index contributed by atoms with van der Waals surface area (Å²) >= 11 is 3.21. The minimum absolute atomic E-state index is 0.159. The van der Waals surface area contributed by atoms with Crippen LogP contribution in [0.1, 0.15) is 10.4 Å². The van der Waals surface area contributed by atoms with E-state index < -0.39 is 23.7 Å². The Kier molecular flexibility index (Phi) is 4.91. The largest absolute Gasteiger partial charge is 0.488 e. The van der Waals surface area contributed by atoms with Gasteiger partial charge < -0.3 is 14.8 Å². The van der Waals surface area contributed by atoms with Gasteiger partial charge >= 0.3 is 13.1 Å². The summed E-state index contributed by atoms with van der Waals surface area (Å²) in [5.41, 5.74) is -0.772. The third kappa shape index (κ3) is 3.70. The first-order chi connectivity index (χ1) is 10.4. The number of nitro benzene ring substituents is 1. The molecule has 7 nitrogen and oxygen atoms in total. The van der Waals surface area contributed by atoms with Gasteiger partial charge in [0, 0.05) is 12.1 Å². The van der Waals surface area contributed by atoms with Crippen LogP contribution in [-0.4, -0.2) is 28.1 Å². The van der Waals surface area contributed by atoms with Crippen LogP contribution >= 0.6 is 15.9 Å². The van der Waals surface area contributed by atoms with Crippen LogP contribution in [0.15, 0.2) is 46.9 Å². The fourth-order valence-corrected chi connectivity index (χ4v) is 2.06. The predicted octanol–water partition coefficient (Wildman–Crippen LogP) is 1.26. The Morgan fingerprint density at radius 2 is 1.91 bits per heavy atom. The zero-order chi connectivity index (χ0) is 16.3. The molecule has 0 aliphatic rings. The third-order valence-electron chi connectivity index (χ3n) is 2.72. The van der Waals surface area contributed by atoms with Crippen molar-refractivity contribution >= 4 is 40.2 Å². The second kappa shape index (κ2) is 6.69. The van der Waals surface area contributed by atoms with Gasteiger partial charge in [0.1, 0.15) is 5.75 Å². The van der Waals surface area contributed by atoms with Crippen LogP contribution < -0.4 is 10.2 Å². The van der Waals surface area contributed by atoms with E-state index in [-0.39, 0.29) is 16.8 Å². The lowest BCUT2D eigenvalue weighted by molar-refractivity contribution is -0.384. The number of nitrogens with zero attached hydrogens (tertiary/aromatic N) is 1. The number of rotatable bonds is 4. The SMILES string of the molecule is O=C(Oc1ccccc1Br)c1cc(B(O)O)cc([N+](=O)[O-])c1. The lowest BCUT2D eigenvalue weighted by Crippen LogP contribution is -2.31. The highest BCUT2D eigenvalue weighted by atomic mass is 79.9. The molecule has 9 heteroatoms. The molecule has 0 fully saturated rings. The zero-order valence-electron chi connectivity index (χ0n) is 11.0. The Morgan fingerprint density at radius 1 is 1.23 bits per heavy atom. The fourth-order valence-electron chi connectivity index (χ4n) is 1.69. The summed E-state index contributed by atoms with van der Waals surface area (Å²) in [5.74, 6) is -0.609. The molecule has 0 unspecified atom stereocenters. The van der Waals surface area contributed by atoms with Crippen molar-refractivity contribution in [3.05, 3.63) is 62.6 Å². The summed E-state index contributed by atoms with van der Waals surface area (Å²) in [6.07, 6.45) is 0. The first-order valence-electron chi connectivity index (χ1n) is 6.00. The van der Waals surface area contributed by atoms with E-state index in [1.54, 1.807) is 24.3 Å². The lowest BCUT2D eigenvalue weighted by atomic mass is 9.79. The van der Waals surface area contributed by atoms with Crippen molar-refractivity contribution in [2.24, 2.45) is 0 Å². The minimum Gasteiger partial charge on any atom is -0.423 e. The van der Waals surface area contributed by atoms with E-state index in [1.807, 2.05) is 0 Å². The molecule has 0 atom stereocenters. The molecule has 2 N–H and O–H groups in total. The molecule has 112 valence electrons. The van der Waals surface area contributed by atoms with E-state index in [9.17, 15) is 14.9 Å². The van der Waals surface area contributed by atoms with E-state index >= 15 is 0 Å². The summed E-state index contributed by atoms with van der Waals surface area (Å²) in [6, 6.07) is 9.70. The van der Waals surface area contributed by atoms with Gasteiger partial charge in [-0.3, -0.25) is 10.1 Å². The van der Waals surface area contributed by atoms with Crippen LogP contribution in [0.25, 0.3) is 0 Å². The molecule has 0 aliphatic heterocycles. The maximum absolute atomic E-state index is 12.1. The van der Waals surface area contributed by atoms with Crippen molar-refractivity contribution in [1.29, 1.82) is 0 Å². The number of hydrogen-bond acceptors (Lipinski definition) is 6. The summed E-state index contributed by atoms with van der Waals surface area (Å²) in [5, 5.41) is 29.1. The van der Waals surface area contributed by atoms with Gasteiger partial charge in [0.15, 0.2) is 0 Å². The van der Waals surface area contributed by atoms with Crippen LogP contribution in [0.5, 0.6) is 5.75 Å². The van der Waals surface area contributed by atoms with Gasteiger partial charge in [-0.15, -0.1) is 0 Å². The normalized spacial score (nSPS) is 10.1. The van der Waals surface area contributed by atoms with E-state index in [4.69, 9.17) is 14.8 Å². The molecule has 0 saturated carbocycles. The Labute approximate surface area is 133 Å². The van der Waals surface area contributed by atoms with Crippen LogP contribution in [0.3, 0.4) is 0 Å². The van der Waals surface area contributed by atoms with Crippen molar-refractivity contribution < 1.29 is 24.5 Å². The van der Waals surface area contributed by atoms with E-state index in [0.29, 0.717) is 4.47 Å². The Bertz CT molecular complexity index is 736. The van der Waals surface area contributed by atoms with Gasteiger partial charge in [0.25, 0.3) is 5.69 Å². The highest BCUT2D eigenvalue weighted by Crippen LogP contribution is 2.25. The molecule has 0 radical (unpaired) electrons. The number of nitro groups is 1. The first-order valence-corrected chi connectivity index (χ1v) is 6.80. The van der Waals surface area contributed by atoms with Gasteiger partial charge in [0.2, 0.25) is 0 Å². The smallest absolute Gasteiger partial charge is 0.423 e. The number of benzene rings is 2. The molecule has 0 aromatic heterocycles. The van der Waals surface area contributed by atoms with Crippen molar-refractivity contribution in [2.45, 2.75) is 0 Å². The second-order valence-electron chi connectivity index (χ2n) is 4.26. The number of carbonyl (C=O) groups is 1. The van der Waals surface area contributed by atoms with Gasteiger partial charge in [-0.25, -0.2) is 4.79 Å². The first kappa shape index (κ1) is 16.2. The highest BCUT2D eigenvalue weighted by Gasteiger charge is 2.21. The molecular weight excluding hydrogens is 357 g/mol. The topological polar surface area (TPSA) is 110 Å². The van der Waals surface area contributed by atoms with E-state index in [1.165, 1.54) is 0 Å². The molecule has 0 saturated heterocycles. The number of hydrogen-bond donors (Lipinski definition) is 2. The Hall–Kier alpha value is -2.23. The van der Waals surface area contributed by atoms with Gasteiger partial charge in [-0.2, -0.15) is 0 Å². The number of ether oxygens (including phenoxy) is 1. The number of non-ortho nitro benzene ring substituents is 1. The molecule has 2 aromatic rings. The molecule has 2 rings (SSSR count). The molecule has 0 amide bonds. The van der Waals surface area contributed by atoms with Crippen molar-refractivity contribution in [2.75, 3.05) is 0 Å². The third-order valence-corrected chi connectivity index (χ3v) is 3.38. The van der Waals surface area contributed by atoms with Crippen molar-refractivity contribution in [3.8, 4) is 5.75 Å². The summed E-state index contributed by atoms with van der Waals surface area (Å²) < 4.78 is 5.67. The van der Waals surface area contributed by atoms with Crippen LogP contribution in [0.2, 0.25) is 0 Å². The summed E-state index contributed by atoms with van der Waals surface area (Å²) in [6.45, 7) is 0. The molecule has 0 spiro atoms. The number of esters is 1. The van der Waals surface area contributed by atoms with Gasteiger partial charge in [-0.1, -0.05) is 12.1 Å². The quantitative estimate of drug-likeness (QED) is 0.277. The van der Waals surface area contributed by atoms with Crippen LogP contribution in [-0.2, 0) is 0 Å². The average molecular weight is 366 g/mol. The summed E-state index contributed by atoms with van der Waals surface area (Å²) in [7, 11) is -1.94. The standard InChI is InChI=1S/C13H9BBrNO6/c15-11-3-1-2-4-12(11)22-13(17)8-5-9(14(18)19)7-10(6-8)16(20)21/h1-7,18-19H. The number of halogens is 1. The summed E-state index contributed by atoms with van der Waals surface area (Å²) in [4.78, 5) is 22.2. The van der Waals surface area contributed by atoms with Gasteiger partial charge in [-0.05, 0) is 39.6 Å². The second-order valence-corrected chi connectivity index (χ2v) is 5.12. The monoisotopic (exact) mass is 365 g/mol. The average Bonchev–Trinajstić information content (AvgIpc) is 2.49. The molecular formula is C13H9BBrNO6. The zero-order valence-corrected chi connectivity index (χ0v) is 12.6. The van der Waals surface area contributed by atoms with E-state index in [0.717, 1.165) is 18.2 Å².